The summed E-state index contributed by atoms with van der Waals surface area (Å²) in [6, 6.07) is 10.1. The summed E-state index contributed by atoms with van der Waals surface area (Å²) in [6.45, 7) is 2.07. The van der Waals surface area contributed by atoms with Crippen LogP contribution in [0.25, 0.3) is 22.4 Å². The number of aromatic nitrogens is 3. The first-order valence-corrected chi connectivity index (χ1v) is 9.78. The van der Waals surface area contributed by atoms with Gasteiger partial charge in [0.25, 0.3) is 0 Å². The zero-order chi connectivity index (χ0) is 18.8. The summed E-state index contributed by atoms with van der Waals surface area (Å²) >= 11 is 0. The lowest BCUT2D eigenvalue weighted by Crippen LogP contribution is -2.32. The number of fused-ring (bicyclic) bond motifs is 1. The summed E-state index contributed by atoms with van der Waals surface area (Å²) in [7, 11) is 0. The average molecular weight is 362 g/mol. The first kappa shape index (κ1) is 17.9. The highest BCUT2D eigenvalue weighted by Crippen LogP contribution is 2.32. The largest absolute Gasteiger partial charge is 0.338 e. The van der Waals surface area contributed by atoms with E-state index in [1.165, 1.54) is 0 Å². The summed E-state index contributed by atoms with van der Waals surface area (Å²) < 4.78 is 0. The molecule has 0 aromatic carbocycles. The monoisotopic (exact) mass is 362 g/mol. The van der Waals surface area contributed by atoms with Gasteiger partial charge < -0.3 is 10.7 Å². The van der Waals surface area contributed by atoms with Gasteiger partial charge in [-0.25, -0.2) is 4.98 Å². The standard InChI is InChI=1S/C22H26N4O/c1-14(23)15-5-7-16(8-6-15)21(27)12-17-9-11-25-22-18(17)13-20(26-22)19-4-2-3-10-24-19/h2-4,9-11,13-16H,5-8,12,23H2,1H3,(H,25,26). The number of nitrogens with two attached hydrogens (primary N) is 1. The maximum absolute atomic E-state index is 12.9. The summed E-state index contributed by atoms with van der Waals surface area (Å²) in [5.74, 6) is 1.07. The van der Waals surface area contributed by atoms with Crippen LogP contribution in [-0.2, 0) is 11.2 Å². The molecule has 0 saturated heterocycles. The zero-order valence-corrected chi connectivity index (χ0v) is 15.7. The van der Waals surface area contributed by atoms with E-state index in [1.807, 2.05) is 24.3 Å². The number of carbonyl (C=O) groups excluding carboxylic acids is 1. The zero-order valence-electron chi connectivity index (χ0n) is 15.7. The highest BCUT2D eigenvalue weighted by molar-refractivity contribution is 5.91. The molecule has 1 atom stereocenters. The Morgan fingerprint density at radius 1 is 1.19 bits per heavy atom. The number of pyridine rings is 2. The van der Waals surface area contributed by atoms with Gasteiger partial charge in [0.1, 0.15) is 11.4 Å². The Bertz CT molecular complexity index is 924. The van der Waals surface area contributed by atoms with E-state index in [-0.39, 0.29) is 12.0 Å². The lowest BCUT2D eigenvalue weighted by molar-refractivity contribution is -0.123. The Kier molecular flexibility index (Phi) is 5.03. The van der Waals surface area contributed by atoms with Crippen molar-refractivity contribution in [2.45, 2.75) is 45.1 Å². The summed E-state index contributed by atoms with van der Waals surface area (Å²) in [5, 5.41) is 1.01. The van der Waals surface area contributed by atoms with E-state index in [4.69, 9.17) is 5.73 Å². The molecule has 1 aliphatic rings. The molecule has 0 amide bonds. The average Bonchev–Trinajstić information content (AvgIpc) is 3.14. The molecule has 3 heterocycles. The number of nitrogens with zero attached hydrogens (tertiary/aromatic N) is 2. The Balaban J connectivity index is 1.52. The minimum absolute atomic E-state index is 0.164. The van der Waals surface area contributed by atoms with Gasteiger partial charge >= 0.3 is 0 Å². The highest BCUT2D eigenvalue weighted by Gasteiger charge is 2.28. The van der Waals surface area contributed by atoms with Crippen molar-refractivity contribution in [3.8, 4) is 11.4 Å². The van der Waals surface area contributed by atoms with Gasteiger partial charge in [0.15, 0.2) is 0 Å². The molecule has 0 spiro atoms. The third-order valence-electron chi connectivity index (χ3n) is 5.90. The van der Waals surface area contributed by atoms with E-state index in [0.717, 1.165) is 53.7 Å². The van der Waals surface area contributed by atoms with E-state index >= 15 is 0 Å². The van der Waals surface area contributed by atoms with Crippen molar-refractivity contribution < 1.29 is 4.79 Å². The van der Waals surface area contributed by atoms with Crippen LogP contribution in [0.3, 0.4) is 0 Å². The summed E-state index contributed by atoms with van der Waals surface area (Å²) in [6.07, 6.45) is 8.07. The normalized spacial score (nSPS) is 21.3. The number of ketones is 1. The smallest absolute Gasteiger partial charge is 0.140 e. The Labute approximate surface area is 159 Å². The maximum atomic E-state index is 12.9. The molecule has 4 rings (SSSR count). The van der Waals surface area contributed by atoms with Gasteiger partial charge in [-0.05, 0) is 68.4 Å². The second-order valence-electron chi connectivity index (χ2n) is 7.74. The number of H-pyrrole nitrogens is 1. The van der Waals surface area contributed by atoms with Crippen LogP contribution in [0.5, 0.6) is 0 Å². The third kappa shape index (κ3) is 3.78. The third-order valence-corrected chi connectivity index (χ3v) is 5.90. The highest BCUT2D eigenvalue weighted by atomic mass is 16.1. The molecule has 0 radical (unpaired) electrons. The van der Waals surface area contributed by atoms with Crippen LogP contribution < -0.4 is 5.73 Å². The molecule has 5 nitrogen and oxygen atoms in total. The van der Waals surface area contributed by atoms with E-state index < -0.39 is 0 Å². The minimum atomic E-state index is 0.164. The predicted octanol–water partition coefficient (Wildman–Crippen LogP) is 3.89. The fourth-order valence-electron chi connectivity index (χ4n) is 4.20. The van der Waals surface area contributed by atoms with Gasteiger partial charge in [-0.2, -0.15) is 0 Å². The van der Waals surface area contributed by atoms with E-state index in [1.54, 1.807) is 12.4 Å². The molecule has 0 bridgehead atoms. The second-order valence-corrected chi connectivity index (χ2v) is 7.74. The van der Waals surface area contributed by atoms with Gasteiger partial charge in [0, 0.05) is 36.2 Å². The van der Waals surface area contributed by atoms with Crippen LogP contribution in [0.2, 0.25) is 0 Å². The predicted molar refractivity (Wildman–Crippen MR) is 107 cm³/mol. The SMILES string of the molecule is CC(N)C1CCC(C(=O)Cc2ccnc3[nH]c(-c4ccccn4)cc23)CC1. The summed E-state index contributed by atoms with van der Waals surface area (Å²) in [5.41, 5.74) is 9.67. The van der Waals surface area contributed by atoms with Crippen molar-refractivity contribution in [3.05, 3.63) is 48.3 Å². The molecule has 0 aliphatic heterocycles. The molecule has 3 N–H and O–H groups in total. The van der Waals surface area contributed by atoms with E-state index in [9.17, 15) is 4.79 Å². The minimum Gasteiger partial charge on any atom is -0.338 e. The molecule has 3 aromatic rings. The topological polar surface area (TPSA) is 84.7 Å². The van der Waals surface area contributed by atoms with E-state index in [2.05, 4.69) is 27.9 Å². The molecule has 27 heavy (non-hydrogen) atoms. The van der Waals surface area contributed by atoms with Crippen LogP contribution >= 0.6 is 0 Å². The second kappa shape index (κ2) is 7.61. The first-order valence-electron chi connectivity index (χ1n) is 9.78. The van der Waals surface area contributed by atoms with Crippen LogP contribution in [-0.4, -0.2) is 26.8 Å². The van der Waals surface area contributed by atoms with Gasteiger partial charge in [-0.15, -0.1) is 0 Å². The molecule has 1 unspecified atom stereocenters. The number of Topliss-reactive ketones (excluding diaryl/α,β-unsaturated/α-hetero) is 1. The molecule has 1 saturated carbocycles. The molecular formula is C22H26N4O. The maximum Gasteiger partial charge on any atom is 0.140 e. The fraction of sp³-hybridized carbons (Fsp3) is 0.409. The van der Waals surface area contributed by atoms with Crippen molar-refractivity contribution in [2.75, 3.05) is 0 Å². The number of hydrogen-bond donors (Lipinski definition) is 2. The molecule has 140 valence electrons. The van der Waals surface area contributed by atoms with Crippen molar-refractivity contribution in [1.29, 1.82) is 0 Å². The van der Waals surface area contributed by atoms with Gasteiger partial charge in [0.05, 0.1) is 11.4 Å². The molecule has 5 heteroatoms. The van der Waals surface area contributed by atoms with Crippen LogP contribution in [0.4, 0.5) is 0 Å². The Morgan fingerprint density at radius 3 is 2.70 bits per heavy atom. The van der Waals surface area contributed by atoms with Crippen LogP contribution in [0.1, 0.15) is 38.2 Å². The summed E-state index contributed by atoms with van der Waals surface area (Å²) in [4.78, 5) is 25.0. The quantitative estimate of drug-likeness (QED) is 0.721. The van der Waals surface area contributed by atoms with Gasteiger partial charge in [-0.3, -0.25) is 9.78 Å². The molecule has 1 aliphatic carbocycles. The lowest BCUT2D eigenvalue weighted by Gasteiger charge is -2.30. The number of nitrogens with one attached hydrogen (secondary N) is 1. The van der Waals surface area contributed by atoms with Gasteiger partial charge in [0.2, 0.25) is 0 Å². The van der Waals surface area contributed by atoms with Crippen molar-refractivity contribution in [1.82, 2.24) is 15.0 Å². The van der Waals surface area contributed by atoms with Crippen LogP contribution in [0, 0.1) is 11.8 Å². The van der Waals surface area contributed by atoms with Crippen molar-refractivity contribution in [2.24, 2.45) is 17.6 Å². The molecule has 1 fully saturated rings. The Hall–Kier alpha value is -2.53. The fourth-order valence-corrected chi connectivity index (χ4v) is 4.20. The van der Waals surface area contributed by atoms with E-state index in [0.29, 0.717) is 18.1 Å². The lowest BCUT2D eigenvalue weighted by atomic mass is 9.76. The number of carbonyl (C=O) groups is 1. The molecule has 3 aromatic heterocycles. The molecular weight excluding hydrogens is 336 g/mol. The Morgan fingerprint density at radius 2 is 2.00 bits per heavy atom. The number of hydrogen-bond acceptors (Lipinski definition) is 4. The number of rotatable bonds is 5. The number of aromatic amines is 1. The van der Waals surface area contributed by atoms with Crippen LogP contribution in [0.15, 0.2) is 42.7 Å². The van der Waals surface area contributed by atoms with Crippen molar-refractivity contribution in [3.63, 3.8) is 0 Å². The van der Waals surface area contributed by atoms with Gasteiger partial charge in [-0.1, -0.05) is 6.07 Å². The first-order chi connectivity index (χ1) is 13.1. The van der Waals surface area contributed by atoms with Crippen molar-refractivity contribution >= 4 is 16.8 Å².